The number of hydrogen-bond acceptors (Lipinski definition) is 6. The van der Waals surface area contributed by atoms with Crippen molar-refractivity contribution in [3.05, 3.63) is 87.5 Å². The van der Waals surface area contributed by atoms with Gasteiger partial charge in [-0.2, -0.15) is 0 Å². The minimum atomic E-state index is -0.860. The third-order valence-corrected chi connectivity index (χ3v) is 5.68. The normalized spacial score (nSPS) is 11.1. The van der Waals surface area contributed by atoms with E-state index >= 15 is 0 Å². The van der Waals surface area contributed by atoms with Crippen molar-refractivity contribution < 1.29 is 27.7 Å². The minimum Gasteiger partial charge on any atom is -0.467 e. The van der Waals surface area contributed by atoms with E-state index in [1.165, 1.54) is 25.1 Å². The van der Waals surface area contributed by atoms with Crippen LogP contribution in [0.3, 0.4) is 0 Å². The number of rotatable bonds is 7. The summed E-state index contributed by atoms with van der Waals surface area (Å²) in [5.74, 6) is -1.02. The Morgan fingerprint density at radius 3 is 2.67 bits per heavy atom. The van der Waals surface area contributed by atoms with E-state index in [-0.39, 0.29) is 33.4 Å². The molecule has 0 aliphatic carbocycles. The van der Waals surface area contributed by atoms with Crippen LogP contribution >= 0.6 is 11.6 Å². The first-order valence-corrected chi connectivity index (χ1v) is 10.5. The first-order chi connectivity index (χ1) is 15.8. The van der Waals surface area contributed by atoms with Gasteiger partial charge in [0.25, 0.3) is 0 Å². The predicted molar refractivity (Wildman–Crippen MR) is 118 cm³/mol. The van der Waals surface area contributed by atoms with Gasteiger partial charge in [0.05, 0.1) is 23.4 Å². The molecular weight excluding hydrogens is 451 g/mol. The van der Waals surface area contributed by atoms with Crippen LogP contribution in [0.25, 0.3) is 11.3 Å². The van der Waals surface area contributed by atoms with E-state index < -0.39 is 18.4 Å². The highest BCUT2D eigenvalue weighted by Crippen LogP contribution is 2.33. The zero-order valence-corrected chi connectivity index (χ0v) is 18.9. The number of aryl methyl sites for hydroxylation is 2. The van der Waals surface area contributed by atoms with Crippen molar-refractivity contribution >= 4 is 23.4 Å². The lowest BCUT2D eigenvalue weighted by molar-refractivity contribution is 0.0473. The molecule has 1 aromatic carbocycles. The molecule has 0 aliphatic rings. The van der Waals surface area contributed by atoms with Gasteiger partial charge >= 0.3 is 5.97 Å². The number of halogens is 2. The molecule has 0 amide bonds. The Morgan fingerprint density at radius 2 is 1.97 bits per heavy atom. The highest BCUT2D eigenvalue weighted by Gasteiger charge is 2.27. The maximum absolute atomic E-state index is 14.4. The molecule has 0 saturated heterocycles. The topological polar surface area (TPSA) is 87.5 Å². The molecular formula is C24H20ClFN2O5. The Hall–Kier alpha value is -3.65. The average Bonchev–Trinajstić information content (AvgIpc) is 3.49. The summed E-state index contributed by atoms with van der Waals surface area (Å²) in [6.45, 7) is 5.16. The van der Waals surface area contributed by atoms with Gasteiger partial charge in [-0.05, 0) is 51.1 Å². The molecule has 3 heterocycles. The molecule has 0 atom stereocenters. The van der Waals surface area contributed by atoms with Crippen molar-refractivity contribution in [2.75, 3.05) is 6.61 Å². The maximum atomic E-state index is 14.4. The van der Waals surface area contributed by atoms with E-state index in [0.717, 1.165) is 17.1 Å². The maximum Gasteiger partial charge on any atom is 0.344 e. The number of Topliss-reactive ketones (excluding diaryl/α,β-unsaturated/α-hetero) is 1. The van der Waals surface area contributed by atoms with Crippen molar-refractivity contribution in [2.24, 2.45) is 0 Å². The SMILES string of the molecule is Cc1onc(-c2c(F)cccc2Cl)c1C(=O)OCC(=O)c1cc(C)n(Cc2ccco2)c1C. The number of carbonyl (C=O) groups excluding carboxylic acids is 2. The van der Waals surface area contributed by atoms with Crippen LogP contribution < -0.4 is 0 Å². The van der Waals surface area contributed by atoms with Crippen molar-refractivity contribution in [3.63, 3.8) is 0 Å². The van der Waals surface area contributed by atoms with E-state index in [9.17, 15) is 14.0 Å². The number of furan rings is 1. The lowest BCUT2D eigenvalue weighted by Crippen LogP contribution is -2.16. The molecule has 3 aromatic heterocycles. The van der Waals surface area contributed by atoms with Gasteiger partial charge in [0.2, 0.25) is 5.78 Å². The van der Waals surface area contributed by atoms with Gasteiger partial charge in [0, 0.05) is 17.0 Å². The van der Waals surface area contributed by atoms with Crippen LogP contribution in [-0.4, -0.2) is 28.1 Å². The number of esters is 1. The van der Waals surface area contributed by atoms with E-state index in [2.05, 4.69) is 5.16 Å². The Morgan fingerprint density at radius 1 is 1.18 bits per heavy atom. The second kappa shape index (κ2) is 9.07. The summed E-state index contributed by atoms with van der Waals surface area (Å²) in [5.41, 5.74) is 1.79. The molecule has 4 rings (SSSR count). The van der Waals surface area contributed by atoms with Gasteiger partial charge in [-0.25, -0.2) is 9.18 Å². The van der Waals surface area contributed by atoms with Crippen LogP contribution in [0.2, 0.25) is 5.02 Å². The molecule has 0 aliphatic heterocycles. The van der Waals surface area contributed by atoms with Crippen LogP contribution in [0.5, 0.6) is 0 Å². The molecule has 33 heavy (non-hydrogen) atoms. The number of aromatic nitrogens is 2. The summed E-state index contributed by atoms with van der Waals surface area (Å²) in [6, 6.07) is 9.49. The van der Waals surface area contributed by atoms with E-state index in [1.54, 1.807) is 18.4 Å². The largest absolute Gasteiger partial charge is 0.467 e. The number of ketones is 1. The number of nitrogens with zero attached hydrogens (tertiary/aromatic N) is 2. The van der Waals surface area contributed by atoms with Crippen molar-refractivity contribution in [1.82, 2.24) is 9.72 Å². The second-order valence-electron chi connectivity index (χ2n) is 7.51. The first-order valence-electron chi connectivity index (χ1n) is 10.1. The van der Waals surface area contributed by atoms with Crippen LogP contribution in [0.15, 0.2) is 51.6 Å². The molecule has 0 fully saturated rings. The third kappa shape index (κ3) is 4.34. The first kappa shape index (κ1) is 22.5. The minimum absolute atomic E-state index is 0.0671. The Labute approximate surface area is 193 Å². The summed E-state index contributed by atoms with van der Waals surface area (Å²) < 4.78 is 32.0. The number of hydrogen-bond donors (Lipinski definition) is 0. The predicted octanol–water partition coefficient (Wildman–Crippen LogP) is 5.54. The summed E-state index contributed by atoms with van der Waals surface area (Å²) in [5, 5.41) is 3.85. The van der Waals surface area contributed by atoms with Gasteiger partial charge in [0.1, 0.15) is 28.6 Å². The van der Waals surface area contributed by atoms with E-state index in [4.69, 9.17) is 25.3 Å². The summed E-state index contributed by atoms with van der Waals surface area (Å²) in [7, 11) is 0. The van der Waals surface area contributed by atoms with Crippen molar-refractivity contribution in [3.8, 4) is 11.3 Å². The molecule has 7 nitrogen and oxygen atoms in total. The van der Waals surface area contributed by atoms with Gasteiger partial charge in [-0.1, -0.05) is 22.8 Å². The fourth-order valence-electron chi connectivity index (χ4n) is 3.67. The molecule has 9 heteroatoms. The number of ether oxygens (including phenoxy) is 1. The number of benzene rings is 1. The van der Waals surface area contributed by atoms with Crippen LogP contribution in [-0.2, 0) is 11.3 Å². The lowest BCUT2D eigenvalue weighted by atomic mass is 10.1. The second-order valence-corrected chi connectivity index (χ2v) is 7.92. The Kier molecular flexibility index (Phi) is 6.20. The van der Waals surface area contributed by atoms with E-state index in [0.29, 0.717) is 12.1 Å². The number of carbonyl (C=O) groups is 2. The third-order valence-electron chi connectivity index (χ3n) is 5.37. The molecule has 0 spiro atoms. The van der Waals surface area contributed by atoms with Crippen molar-refractivity contribution in [2.45, 2.75) is 27.3 Å². The molecule has 0 bridgehead atoms. The van der Waals surface area contributed by atoms with E-state index in [1.807, 2.05) is 24.5 Å². The van der Waals surface area contributed by atoms with Gasteiger partial charge < -0.3 is 18.2 Å². The van der Waals surface area contributed by atoms with Crippen molar-refractivity contribution in [1.29, 1.82) is 0 Å². The highest BCUT2D eigenvalue weighted by molar-refractivity contribution is 6.33. The summed E-state index contributed by atoms with van der Waals surface area (Å²) in [6.07, 6.45) is 1.59. The Bertz CT molecular complexity index is 1320. The molecule has 0 radical (unpaired) electrons. The lowest BCUT2D eigenvalue weighted by Gasteiger charge is -2.08. The molecule has 0 saturated carbocycles. The molecule has 0 unspecified atom stereocenters. The molecule has 0 N–H and O–H groups in total. The quantitative estimate of drug-likeness (QED) is 0.260. The zero-order valence-electron chi connectivity index (χ0n) is 18.1. The highest BCUT2D eigenvalue weighted by atomic mass is 35.5. The standard InChI is InChI=1S/C24H20ClFN2O5/c1-13-10-17(14(2)28(13)11-16-6-5-9-31-16)20(29)12-32-24(30)21-15(3)33-27-23(21)22-18(25)7-4-8-19(22)26/h4-10H,11-12H2,1-3H3. The van der Waals surface area contributed by atoms with Crippen LogP contribution in [0.1, 0.15) is 43.6 Å². The van der Waals surface area contributed by atoms with Gasteiger partial charge in [0.15, 0.2) is 6.61 Å². The Balaban J connectivity index is 1.53. The molecule has 4 aromatic rings. The fraction of sp³-hybridized carbons (Fsp3) is 0.208. The van der Waals surface area contributed by atoms with Gasteiger partial charge in [-0.3, -0.25) is 4.79 Å². The van der Waals surface area contributed by atoms with Gasteiger partial charge in [-0.15, -0.1) is 0 Å². The monoisotopic (exact) mass is 470 g/mol. The summed E-state index contributed by atoms with van der Waals surface area (Å²) in [4.78, 5) is 25.6. The zero-order chi connectivity index (χ0) is 23.7. The van der Waals surface area contributed by atoms with Crippen LogP contribution in [0, 0.1) is 26.6 Å². The average molecular weight is 471 g/mol. The molecule has 170 valence electrons. The van der Waals surface area contributed by atoms with Crippen LogP contribution in [0.4, 0.5) is 4.39 Å². The fourth-order valence-corrected chi connectivity index (χ4v) is 3.93. The summed E-state index contributed by atoms with van der Waals surface area (Å²) >= 11 is 6.11. The smallest absolute Gasteiger partial charge is 0.344 e.